The minimum atomic E-state index is -4.04. The van der Waals surface area contributed by atoms with Gasteiger partial charge >= 0.3 is 6.18 Å². The summed E-state index contributed by atoms with van der Waals surface area (Å²) in [6, 6.07) is 0.0903. The maximum absolute atomic E-state index is 12.5. The summed E-state index contributed by atoms with van der Waals surface area (Å²) in [4.78, 5) is 0. The van der Waals surface area contributed by atoms with Crippen LogP contribution < -0.4 is 5.32 Å². The smallest absolute Gasteiger partial charge is 0.383 e. The van der Waals surface area contributed by atoms with E-state index in [1.165, 1.54) is 0 Å². The predicted molar refractivity (Wildman–Crippen MR) is 56.3 cm³/mol. The molecule has 0 amide bonds. The molecule has 1 saturated carbocycles. The first-order chi connectivity index (χ1) is 7.43. The first kappa shape index (κ1) is 13.8. The van der Waals surface area contributed by atoms with Gasteiger partial charge in [-0.2, -0.15) is 13.2 Å². The van der Waals surface area contributed by atoms with Crippen molar-refractivity contribution in [2.45, 2.75) is 50.9 Å². The minimum absolute atomic E-state index is 0.0227. The fourth-order valence-corrected chi connectivity index (χ4v) is 2.34. The highest BCUT2D eigenvalue weighted by molar-refractivity contribution is 4.83. The molecule has 2 nitrogen and oxygen atoms in total. The Kier molecular flexibility index (Phi) is 5.05. The molecule has 0 heterocycles. The van der Waals surface area contributed by atoms with E-state index in [2.05, 4.69) is 5.32 Å². The van der Waals surface area contributed by atoms with Crippen LogP contribution in [0.15, 0.2) is 0 Å². The molecule has 1 fully saturated rings. The Bertz CT molecular complexity index is 208. The summed E-state index contributed by atoms with van der Waals surface area (Å²) in [5.41, 5.74) is 0. The van der Waals surface area contributed by atoms with E-state index < -0.39 is 12.1 Å². The van der Waals surface area contributed by atoms with E-state index in [1.807, 2.05) is 6.92 Å². The third kappa shape index (κ3) is 4.29. The first-order valence-electron chi connectivity index (χ1n) is 5.75. The average Bonchev–Trinajstić information content (AvgIpc) is 2.17. The number of ether oxygens (including phenoxy) is 1. The van der Waals surface area contributed by atoms with Gasteiger partial charge in [-0.05, 0) is 26.2 Å². The largest absolute Gasteiger partial charge is 0.391 e. The van der Waals surface area contributed by atoms with Crippen LogP contribution in [0.1, 0.15) is 32.6 Å². The molecule has 0 aliphatic heterocycles. The molecule has 1 rings (SSSR count). The number of nitrogens with one attached hydrogen (secondary N) is 1. The van der Waals surface area contributed by atoms with Gasteiger partial charge in [0.05, 0.1) is 12.5 Å². The van der Waals surface area contributed by atoms with Gasteiger partial charge in [0.15, 0.2) is 0 Å². The van der Waals surface area contributed by atoms with Crippen molar-refractivity contribution in [1.82, 2.24) is 5.32 Å². The maximum atomic E-state index is 12.5. The second-order valence-electron chi connectivity index (χ2n) is 4.63. The van der Waals surface area contributed by atoms with E-state index in [9.17, 15) is 13.2 Å². The fourth-order valence-electron chi connectivity index (χ4n) is 2.34. The predicted octanol–water partition coefficient (Wildman–Crippen LogP) is 2.73. The Labute approximate surface area is 94.5 Å². The number of methoxy groups -OCH3 is 1. The molecule has 3 atom stereocenters. The van der Waals surface area contributed by atoms with Gasteiger partial charge in [0.2, 0.25) is 0 Å². The molecule has 0 aromatic heterocycles. The summed E-state index contributed by atoms with van der Waals surface area (Å²) in [7, 11) is 1.59. The van der Waals surface area contributed by atoms with Crippen LogP contribution in [0.3, 0.4) is 0 Å². The van der Waals surface area contributed by atoms with Crippen LogP contribution in [-0.2, 0) is 4.74 Å². The zero-order chi connectivity index (χ0) is 12.2. The molecule has 5 heteroatoms. The van der Waals surface area contributed by atoms with Gasteiger partial charge in [-0.25, -0.2) is 0 Å². The van der Waals surface area contributed by atoms with Gasteiger partial charge in [-0.3, -0.25) is 0 Å². The lowest BCUT2D eigenvalue weighted by Gasteiger charge is -2.32. The number of hydrogen-bond donors (Lipinski definition) is 1. The maximum Gasteiger partial charge on any atom is 0.391 e. The molecule has 0 aromatic rings. The number of alkyl halides is 3. The van der Waals surface area contributed by atoms with Crippen molar-refractivity contribution in [3.63, 3.8) is 0 Å². The van der Waals surface area contributed by atoms with Crippen LogP contribution in [-0.4, -0.2) is 32.0 Å². The Morgan fingerprint density at radius 1 is 1.38 bits per heavy atom. The van der Waals surface area contributed by atoms with E-state index in [4.69, 9.17) is 4.74 Å². The molecule has 1 aliphatic rings. The molecule has 16 heavy (non-hydrogen) atoms. The SMILES string of the molecule is COCC(C)NC1CCCC(C(F)(F)F)C1. The molecule has 0 aromatic carbocycles. The summed E-state index contributed by atoms with van der Waals surface area (Å²) in [5, 5.41) is 3.20. The van der Waals surface area contributed by atoms with Crippen LogP contribution in [0.25, 0.3) is 0 Å². The molecule has 96 valence electrons. The lowest BCUT2D eigenvalue weighted by molar-refractivity contribution is -0.183. The number of rotatable bonds is 4. The summed E-state index contributed by atoms with van der Waals surface area (Å²) in [6.45, 7) is 2.47. The molecule has 3 unspecified atom stereocenters. The van der Waals surface area contributed by atoms with Gasteiger partial charge < -0.3 is 10.1 Å². The lowest BCUT2D eigenvalue weighted by Crippen LogP contribution is -2.44. The van der Waals surface area contributed by atoms with Crippen LogP contribution in [0, 0.1) is 5.92 Å². The molecule has 0 radical (unpaired) electrons. The molecule has 1 aliphatic carbocycles. The van der Waals surface area contributed by atoms with Gasteiger partial charge in [0.1, 0.15) is 0 Å². The molecular formula is C11H20F3NO. The fraction of sp³-hybridized carbons (Fsp3) is 1.00. The van der Waals surface area contributed by atoms with Crippen LogP contribution >= 0.6 is 0 Å². The van der Waals surface area contributed by atoms with Crippen molar-refractivity contribution in [2.24, 2.45) is 5.92 Å². The monoisotopic (exact) mass is 239 g/mol. The second kappa shape index (κ2) is 5.87. The first-order valence-corrected chi connectivity index (χ1v) is 5.75. The van der Waals surface area contributed by atoms with Gasteiger partial charge in [0.25, 0.3) is 0 Å². The Morgan fingerprint density at radius 2 is 2.06 bits per heavy atom. The summed E-state index contributed by atoms with van der Waals surface area (Å²) < 4.78 is 42.6. The van der Waals surface area contributed by atoms with E-state index in [-0.39, 0.29) is 24.9 Å². The van der Waals surface area contributed by atoms with Gasteiger partial charge in [-0.1, -0.05) is 6.42 Å². The topological polar surface area (TPSA) is 21.3 Å². The van der Waals surface area contributed by atoms with Crippen LogP contribution in [0.4, 0.5) is 13.2 Å². The molecule has 1 N–H and O–H groups in total. The summed E-state index contributed by atoms with van der Waals surface area (Å²) >= 11 is 0. The standard InChI is InChI=1S/C11H20F3NO/c1-8(7-16-2)15-10-5-3-4-9(6-10)11(12,13)14/h8-10,15H,3-7H2,1-2H3. The van der Waals surface area contributed by atoms with E-state index in [0.29, 0.717) is 13.0 Å². The van der Waals surface area contributed by atoms with Crippen molar-refractivity contribution in [3.8, 4) is 0 Å². The summed E-state index contributed by atoms with van der Waals surface area (Å²) in [6.07, 6.45) is -2.06. The normalized spacial score (nSPS) is 29.1. The lowest BCUT2D eigenvalue weighted by atomic mass is 9.85. The Balaban J connectivity index is 2.39. The third-order valence-corrected chi connectivity index (χ3v) is 3.07. The zero-order valence-electron chi connectivity index (χ0n) is 9.81. The molecule has 0 spiro atoms. The number of halogens is 3. The highest BCUT2D eigenvalue weighted by atomic mass is 19.4. The minimum Gasteiger partial charge on any atom is -0.383 e. The quantitative estimate of drug-likeness (QED) is 0.814. The van der Waals surface area contributed by atoms with E-state index in [1.54, 1.807) is 7.11 Å². The van der Waals surface area contributed by atoms with Gasteiger partial charge in [0, 0.05) is 19.2 Å². The van der Waals surface area contributed by atoms with Crippen LogP contribution in [0.5, 0.6) is 0 Å². The van der Waals surface area contributed by atoms with Gasteiger partial charge in [-0.15, -0.1) is 0 Å². The van der Waals surface area contributed by atoms with Crippen molar-refractivity contribution in [1.29, 1.82) is 0 Å². The third-order valence-electron chi connectivity index (χ3n) is 3.07. The average molecular weight is 239 g/mol. The Morgan fingerprint density at radius 3 is 2.62 bits per heavy atom. The van der Waals surface area contributed by atoms with Crippen molar-refractivity contribution < 1.29 is 17.9 Å². The Hall–Kier alpha value is -0.290. The number of hydrogen-bond acceptors (Lipinski definition) is 2. The van der Waals surface area contributed by atoms with E-state index >= 15 is 0 Å². The zero-order valence-corrected chi connectivity index (χ0v) is 9.81. The van der Waals surface area contributed by atoms with Crippen molar-refractivity contribution in [3.05, 3.63) is 0 Å². The molecule has 0 bridgehead atoms. The van der Waals surface area contributed by atoms with E-state index in [0.717, 1.165) is 6.42 Å². The molecular weight excluding hydrogens is 219 g/mol. The second-order valence-corrected chi connectivity index (χ2v) is 4.63. The van der Waals surface area contributed by atoms with Crippen LogP contribution in [0.2, 0.25) is 0 Å². The van der Waals surface area contributed by atoms with Crippen molar-refractivity contribution in [2.75, 3.05) is 13.7 Å². The summed E-state index contributed by atoms with van der Waals surface area (Å²) in [5.74, 6) is -1.13. The van der Waals surface area contributed by atoms with Crippen molar-refractivity contribution >= 4 is 0 Å². The highest BCUT2D eigenvalue weighted by Crippen LogP contribution is 2.37. The highest BCUT2D eigenvalue weighted by Gasteiger charge is 2.42. The molecule has 0 saturated heterocycles.